The van der Waals surface area contributed by atoms with E-state index in [1.54, 1.807) is 0 Å². The van der Waals surface area contributed by atoms with Crippen molar-refractivity contribution in [3.8, 4) is 0 Å². The zero-order valence-electron chi connectivity index (χ0n) is 16.5. The van der Waals surface area contributed by atoms with Gasteiger partial charge in [-0.25, -0.2) is 4.79 Å². The Morgan fingerprint density at radius 1 is 1.15 bits per heavy atom. The first kappa shape index (κ1) is 19.1. The molecule has 2 amide bonds. The highest BCUT2D eigenvalue weighted by molar-refractivity contribution is 5.75. The van der Waals surface area contributed by atoms with Crippen molar-refractivity contribution in [3.63, 3.8) is 0 Å². The molecule has 2 saturated heterocycles. The van der Waals surface area contributed by atoms with Crippen molar-refractivity contribution >= 4 is 6.03 Å². The number of nitrogens with zero attached hydrogens (tertiary/aromatic N) is 5. The molecule has 0 saturated carbocycles. The average molecular weight is 364 g/mol. The molecule has 0 radical (unpaired) electrons. The number of carbonyl (C=O) groups is 1. The fourth-order valence-corrected chi connectivity index (χ4v) is 3.57. The summed E-state index contributed by atoms with van der Waals surface area (Å²) in [5, 5.41) is 11.9. The minimum Gasteiger partial charge on any atom is -0.379 e. The Bertz CT molecular complexity index is 610. The average Bonchev–Trinajstić information content (AvgIpc) is 2.95. The molecule has 3 rings (SSSR count). The zero-order valence-corrected chi connectivity index (χ0v) is 16.5. The number of amides is 2. The van der Waals surface area contributed by atoms with Gasteiger partial charge in [0, 0.05) is 44.7 Å². The molecule has 146 valence electrons. The third-order valence-corrected chi connectivity index (χ3v) is 5.10. The van der Waals surface area contributed by atoms with Crippen LogP contribution in [0, 0.1) is 0 Å². The minimum absolute atomic E-state index is 0.0296. The number of carbonyl (C=O) groups excluding carboxylic acids is 1. The highest BCUT2D eigenvalue weighted by Crippen LogP contribution is 2.27. The normalized spacial score (nSPS) is 20.4. The van der Waals surface area contributed by atoms with E-state index >= 15 is 0 Å². The van der Waals surface area contributed by atoms with Gasteiger partial charge in [-0.15, -0.1) is 10.2 Å². The number of hydrogen-bond donors (Lipinski definition) is 1. The van der Waals surface area contributed by atoms with E-state index in [0.717, 1.165) is 70.4 Å². The topological polar surface area (TPSA) is 75.5 Å². The maximum atomic E-state index is 12.3. The lowest BCUT2D eigenvalue weighted by Crippen LogP contribution is -2.50. The van der Waals surface area contributed by atoms with Crippen molar-refractivity contribution in [3.05, 3.63) is 11.6 Å². The van der Waals surface area contributed by atoms with Gasteiger partial charge in [-0.05, 0) is 33.6 Å². The molecule has 0 aliphatic carbocycles. The first-order valence-electron chi connectivity index (χ1n) is 9.59. The predicted molar refractivity (Wildman–Crippen MR) is 98.9 cm³/mol. The van der Waals surface area contributed by atoms with Crippen LogP contribution in [0.1, 0.15) is 51.2 Å². The van der Waals surface area contributed by atoms with Crippen molar-refractivity contribution in [1.29, 1.82) is 0 Å². The van der Waals surface area contributed by atoms with Crippen molar-refractivity contribution < 1.29 is 9.53 Å². The van der Waals surface area contributed by atoms with Crippen LogP contribution in [0.3, 0.4) is 0 Å². The number of nitrogens with one attached hydrogen (secondary N) is 1. The number of rotatable bonds is 3. The molecule has 3 heterocycles. The fourth-order valence-electron chi connectivity index (χ4n) is 3.57. The fraction of sp³-hybridized carbons (Fsp3) is 0.833. The van der Waals surface area contributed by atoms with E-state index in [0.29, 0.717) is 5.92 Å². The predicted octanol–water partition coefficient (Wildman–Crippen LogP) is 1.33. The van der Waals surface area contributed by atoms with Gasteiger partial charge in [-0.2, -0.15) is 0 Å². The molecule has 1 aromatic heterocycles. The molecule has 8 nitrogen and oxygen atoms in total. The Balaban J connectivity index is 1.55. The van der Waals surface area contributed by atoms with Gasteiger partial charge in [0.25, 0.3) is 0 Å². The third kappa shape index (κ3) is 4.73. The number of likely N-dealkylation sites (tertiary alicyclic amines) is 1. The highest BCUT2D eigenvalue weighted by atomic mass is 16.5. The van der Waals surface area contributed by atoms with Gasteiger partial charge in [0.05, 0.1) is 19.8 Å². The van der Waals surface area contributed by atoms with Crippen LogP contribution in [-0.4, -0.2) is 75.5 Å². The Morgan fingerprint density at radius 2 is 1.81 bits per heavy atom. The van der Waals surface area contributed by atoms with E-state index in [1.165, 1.54) is 0 Å². The molecule has 0 spiro atoms. The van der Waals surface area contributed by atoms with Gasteiger partial charge in [0.15, 0.2) is 0 Å². The molecule has 8 heteroatoms. The Labute approximate surface area is 155 Å². The molecule has 1 N–H and O–H groups in total. The van der Waals surface area contributed by atoms with Gasteiger partial charge in [0.1, 0.15) is 11.6 Å². The largest absolute Gasteiger partial charge is 0.379 e. The van der Waals surface area contributed by atoms with Crippen LogP contribution < -0.4 is 5.32 Å². The second-order valence-corrected chi connectivity index (χ2v) is 8.36. The molecule has 2 fully saturated rings. The number of hydrogen-bond acceptors (Lipinski definition) is 5. The van der Waals surface area contributed by atoms with E-state index in [4.69, 9.17) is 4.74 Å². The van der Waals surface area contributed by atoms with Crippen LogP contribution in [0.25, 0.3) is 0 Å². The van der Waals surface area contributed by atoms with Crippen molar-refractivity contribution in [2.75, 3.05) is 39.4 Å². The zero-order chi connectivity index (χ0) is 18.7. The summed E-state index contributed by atoms with van der Waals surface area (Å²) in [6.45, 7) is 11.8. The number of morpholine rings is 1. The lowest BCUT2D eigenvalue weighted by Gasteiger charge is -2.34. The van der Waals surface area contributed by atoms with Crippen LogP contribution in [0.5, 0.6) is 0 Å². The van der Waals surface area contributed by atoms with E-state index < -0.39 is 0 Å². The molecule has 1 aromatic rings. The van der Waals surface area contributed by atoms with Crippen LogP contribution in [-0.2, 0) is 18.3 Å². The first-order valence-corrected chi connectivity index (χ1v) is 9.59. The monoisotopic (exact) mass is 364 g/mol. The SMILES string of the molecule is Cn1c(CN2CCOCC2)nnc1C1CCN(C(=O)NC(C)(C)C)CC1. The summed E-state index contributed by atoms with van der Waals surface area (Å²) < 4.78 is 7.55. The maximum absolute atomic E-state index is 12.3. The van der Waals surface area contributed by atoms with E-state index in [2.05, 4.69) is 32.0 Å². The van der Waals surface area contributed by atoms with Gasteiger partial charge in [0.2, 0.25) is 0 Å². The number of urea groups is 1. The summed E-state index contributed by atoms with van der Waals surface area (Å²) >= 11 is 0. The van der Waals surface area contributed by atoms with Gasteiger partial charge < -0.3 is 19.5 Å². The van der Waals surface area contributed by atoms with E-state index in [-0.39, 0.29) is 11.6 Å². The highest BCUT2D eigenvalue weighted by Gasteiger charge is 2.29. The van der Waals surface area contributed by atoms with E-state index in [1.807, 2.05) is 25.7 Å². The summed E-state index contributed by atoms with van der Waals surface area (Å²) in [6, 6.07) is 0.0296. The maximum Gasteiger partial charge on any atom is 0.317 e. The second-order valence-electron chi connectivity index (χ2n) is 8.36. The number of ether oxygens (including phenoxy) is 1. The second kappa shape index (κ2) is 7.92. The quantitative estimate of drug-likeness (QED) is 0.876. The molecule has 0 aromatic carbocycles. The van der Waals surface area contributed by atoms with Crippen molar-refractivity contribution in [2.45, 2.75) is 51.6 Å². The van der Waals surface area contributed by atoms with Gasteiger partial charge >= 0.3 is 6.03 Å². The minimum atomic E-state index is -0.202. The summed E-state index contributed by atoms with van der Waals surface area (Å²) in [5.41, 5.74) is -0.202. The van der Waals surface area contributed by atoms with Crippen LogP contribution >= 0.6 is 0 Å². The van der Waals surface area contributed by atoms with Gasteiger partial charge in [-0.3, -0.25) is 4.90 Å². The molecule has 26 heavy (non-hydrogen) atoms. The Hall–Kier alpha value is -1.67. The molecular formula is C18H32N6O2. The molecule has 0 atom stereocenters. The first-order chi connectivity index (χ1) is 12.3. The number of aromatic nitrogens is 3. The smallest absolute Gasteiger partial charge is 0.317 e. The molecule has 0 unspecified atom stereocenters. The molecule has 0 bridgehead atoms. The van der Waals surface area contributed by atoms with Crippen LogP contribution in [0.15, 0.2) is 0 Å². The lowest BCUT2D eigenvalue weighted by atomic mass is 9.96. The van der Waals surface area contributed by atoms with Crippen LogP contribution in [0.4, 0.5) is 4.79 Å². The third-order valence-electron chi connectivity index (χ3n) is 5.10. The summed E-state index contributed by atoms with van der Waals surface area (Å²) in [6.07, 6.45) is 1.86. The lowest BCUT2D eigenvalue weighted by molar-refractivity contribution is 0.0326. The molecule has 2 aliphatic heterocycles. The Morgan fingerprint density at radius 3 is 2.42 bits per heavy atom. The van der Waals surface area contributed by atoms with Crippen molar-refractivity contribution in [2.24, 2.45) is 7.05 Å². The number of piperidine rings is 1. The summed E-state index contributed by atoms with van der Waals surface area (Å²) in [5.74, 6) is 2.42. The molecule has 2 aliphatic rings. The van der Waals surface area contributed by atoms with E-state index in [9.17, 15) is 4.79 Å². The molecular weight excluding hydrogens is 332 g/mol. The Kier molecular flexibility index (Phi) is 5.82. The van der Waals surface area contributed by atoms with Crippen molar-refractivity contribution in [1.82, 2.24) is 29.9 Å². The standard InChI is InChI=1S/C18H32N6O2/c1-18(2,3)19-17(25)24-7-5-14(6-8-24)16-21-20-15(22(16)4)13-23-9-11-26-12-10-23/h14H,5-13H2,1-4H3,(H,19,25). The summed E-state index contributed by atoms with van der Waals surface area (Å²) in [7, 11) is 2.06. The van der Waals surface area contributed by atoms with Crippen LogP contribution in [0.2, 0.25) is 0 Å². The summed E-state index contributed by atoms with van der Waals surface area (Å²) in [4.78, 5) is 16.6. The van der Waals surface area contributed by atoms with Gasteiger partial charge in [-0.1, -0.05) is 0 Å².